The molecule has 3 N–H and O–H groups in total. The second-order valence-electron chi connectivity index (χ2n) is 8.44. The van der Waals surface area contributed by atoms with E-state index in [1.54, 1.807) is 18.2 Å². The van der Waals surface area contributed by atoms with E-state index in [0.717, 1.165) is 12.0 Å². The van der Waals surface area contributed by atoms with Crippen LogP contribution in [0.1, 0.15) is 46.1 Å². The van der Waals surface area contributed by atoms with Crippen molar-refractivity contribution in [3.8, 4) is 0 Å². The number of hydrogen-bond donors (Lipinski definition) is 3. The number of carbonyl (C=O) groups excluding carboxylic acids is 3. The van der Waals surface area contributed by atoms with Crippen molar-refractivity contribution in [1.82, 2.24) is 10.6 Å². The van der Waals surface area contributed by atoms with Crippen molar-refractivity contribution in [1.29, 1.82) is 0 Å². The van der Waals surface area contributed by atoms with Gasteiger partial charge in [-0.25, -0.2) is 0 Å². The third kappa shape index (κ3) is 5.94. The van der Waals surface area contributed by atoms with Gasteiger partial charge in [0.2, 0.25) is 17.7 Å². The third-order valence-electron chi connectivity index (χ3n) is 4.64. The van der Waals surface area contributed by atoms with Crippen molar-refractivity contribution < 1.29 is 14.4 Å². The Hall–Kier alpha value is -2.63. The summed E-state index contributed by atoms with van der Waals surface area (Å²) in [5, 5.41) is 8.72. The van der Waals surface area contributed by atoms with Crippen molar-refractivity contribution in [2.45, 2.75) is 58.0 Å². The summed E-state index contributed by atoms with van der Waals surface area (Å²) in [7, 11) is 0. The van der Waals surface area contributed by atoms with Crippen LogP contribution in [0, 0.1) is 5.92 Å². The minimum Gasteiger partial charge on any atom is -0.351 e. The molecule has 0 bridgehead atoms. The molecule has 1 aliphatic rings. The van der Waals surface area contributed by atoms with Crippen molar-refractivity contribution in [3.05, 3.63) is 42.5 Å². The van der Waals surface area contributed by atoms with Crippen LogP contribution in [0.25, 0.3) is 0 Å². The van der Waals surface area contributed by atoms with Crippen molar-refractivity contribution >= 4 is 23.4 Å². The van der Waals surface area contributed by atoms with Gasteiger partial charge in [0.1, 0.15) is 0 Å². The topological polar surface area (TPSA) is 87.3 Å². The summed E-state index contributed by atoms with van der Waals surface area (Å²) in [6.45, 7) is 11.3. The standard InChI is InChI=1S/C21H29N3O3/c1-6-17(25)22-16-10-8-7-9-14(16)11-18(26)23-20(2,3)12-15-13-21(4,5)24-19(15)27/h6-10,15H,1,11-13H2,2-5H3,(H,22,25)(H,23,26)(H,24,27). The molecule has 1 aliphatic heterocycles. The summed E-state index contributed by atoms with van der Waals surface area (Å²) < 4.78 is 0. The van der Waals surface area contributed by atoms with Gasteiger partial charge in [0, 0.05) is 22.7 Å². The second kappa shape index (κ2) is 7.94. The highest BCUT2D eigenvalue weighted by Gasteiger charge is 2.40. The highest BCUT2D eigenvalue weighted by Crippen LogP contribution is 2.30. The van der Waals surface area contributed by atoms with E-state index in [4.69, 9.17) is 0 Å². The molecule has 27 heavy (non-hydrogen) atoms. The smallest absolute Gasteiger partial charge is 0.247 e. The Kier molecular flexibility index (Phi) is 6.08. The Morgan fingerprint density at radius 3 is 2.59 bits per heavy atom. The lowest BCUT2D eigenvalue weighted by Crippen LogP contribution is -2.46. The number of nitrogens with one attached hydrogen (secondary N) is 3. The predicted molar refractivity (Wildman–Crippen MR) is 106 cm³/mol. The zero-order valence-electron chi connectivity index (χ0n) is 16.5. The fourth-order valence-electron chi connectivity index (χ4n) is 3.60. The first-order valence-electron chi connectivity index (χ1n) is 9.16. The van der Waals surface area contributed by atoms with E-state index < -0.39 is 5.54 Å². The molecule has 146 valence electrons. The Morgan fingerprint density at radius 2 is 2.00 bits per heavy atom. The normalized spacial score (nSPS) is 18.5. The van der Waals surface area contributed by atoms with Crippen LogP contribution >= 0.6 is 0 Å². The fourth-order valence-corrected chi connectivity index (χ4v) is 3.60. The molecule has 1 heterocycles. The molecule has 1 atom stereocenters. The van der Waals surface area contributed by atoms with Crippen LogP contribution in [0.3, 0.4) is 0 Å². The average Bonchev–Trinajstić information content (AvgIpc) is 2.79. The van der Waals surface area contributed by atoms with Crippen LogP contribution in [-0.4, -0.2) is 28.8 Å². The van der Waals surface area contributed by atoms with Gasteiger partial charge in [0.15, 0.2) is 0 Å². The van der Waals surface area contributed by atoms with Gasteiger partial charge in [-0.3, -0.25) is 14.4 Å². The lowest BCUT2D eigenvalue weighted by Gasteiger charge is -2.29. The SMILES string of the molecule is C=CC(=O)Nc1ccccc1CC(=O)NC(C)(C)CC1CC(C)(C)NC1=O. The summed E-state index contributed by atoms with van der Waals surface area (Å²) in [5.41, 5.74) is 0.594. The van der Waals surface area contributed by atoms with E-state index in [1.165, 1.54) is 6.08 Å². The molecule has 1 aromatic carbocycles. The maximum atomic E-state index is 12.6. The zero-order chi connectivity index (χ0) is 20.2. The number of amides is 3. The monoisotopic (exact) mass is 371 g/mol. The van der Waals surface area contributed by atoms with E-state index >= 15 is 0 Å². The molecular formula is C21H29N3O3. The Bertz CT molecular complexity index is 753. The molecule has 0 radical (unpaired) electrons. The molecule has 1 unspecified atom stereocenters. The van der Waals surface area contributed by atoms with E-state index in [9.17, 15) is 14.4 Å². The number of hydrogen-bond acceptors (Lipinski definition) is 3. The van der Waals surface area contributed by atoms with Crippen LogP contribution in [0.4, 0.5) is 5.69 Å². The molecular weight excluding hydrogens is 342 g/mol. The van der Waals surface area contributed by atoms with Crippen molar-refractivity contribution in [2.75, 3.05) is 5.32 Å². The lowest BCUT2D eigenvalue weighted by molar-refractivity contribution is -0.125. The first-order chi connectivity index (χ1) is 12.5. The summed E-state index contributed by atoms with van der Waals surface area (Å²) in [5.74, 6) is -0.551. The summed E-state index contributed by atoms with van der Waals surface area (Å²) in [4.78, 5) is 36.3. The number of para-hydroxylation sites is 1. The molecule has 1 aromatic rings. The highest BCUT2D eigenvalue weighted by molar-refractivity contribution is 5.99. The van der Waals surface area contributed by atoms with Gasteiger partial charge in [-0.1, -0.05) is 24.8 Å². The van der Waals surface area contributed by atoms with Gasteiger partial charge in [-0.15, -0.1) is 0 Å². The van der Waals surface area contributed by atoms with Crippen LogP contribution in [0.5, 0.6) is 0 Å². The molecule has 0 aliphatic carbocycles. The first-order valence-corrected chi connectivity index (χ1v) is 9.16. The molecule has 6 nitrogen and oxygen atoms in total. The molecule has 2 rings (SSSR count). The number of anilines is 1. The highest BCUT2D eigenvalue weighted by atomic mass is 16.2. The maximum absolute atomic E-state index is 12.6. The minimum atomic E-state index is -0.515. The van der Waals surface area contributed by atoms with Crippen LogP contribution in [0.2, 0.25) is 0 Å². The van der Waals surface area contributed by atoms with Gasteiger partial charge in [-0.2, -0.15) is 0 Å². The van der Waals surface area contributed by atoms with E-state index in [2.05, 4.69) is 22.5 Å². The zero-order valence-corrected chi connectivity index (χ0v) is 16.5. The van der Waals surface area contributed by atoms with Gasteiger partial charge in [0.25, 0.3) is 0 Å². The van der Waals surface area contributed by atoms with E-state index in [0.29, 0.717) is 12.1 Å². The number of rotatable bonds is 7. The minimum absolute atomic E-state index is 0.0415. The lowest BCUT2D eigenvalue weighted by atomic mass is 9.86. The maximum Gasteiger partial charge on any atom is 0.247 e. The van der Waals surface area contributed by atoms with Crippen molar-refractivity contribution in [3.63, 3.8) is 0 Å². The van der Waals surface area contributed by atoms with Crippen LogP contribution < -0.4 is 16.0 Å². The van der Waals surface area contributed by atoms with Gasteiger partial charge in [0.05, 0.1) is 6.42 Å². The quantitative estimate of drug-likeness (QED) is 0.644. The van der Waals surface area contributed by atoms with Gasteiger partial charge >= 0.3 is 0 Å². The average molecular weight is 371 g/mol. The fraction of sp³-hybridized carbons (Fsp3) is 0.476. The Morgan fingerprint density at radius 1 is 1.33 bits per heavy atom. The Labute approximate surface area is 160 Å². The first kappa shape index (κ1) is 20.7. The summed E-state index contributed by atoms with van der Waals surface area (Å²) in [6.07, 6.45) is 2.65. The molecule has 0 spiro atoms. The molecule has 1 fully saturated rings. The van der Waals surface area contributed by atoms with E-state index in [-0.39, 0.29) is 35.6 Å². The summed E-state index contributed by atoms with van der Waals surface area (Å²) in [6, 6.07) is 7.17. The van der Waals surface area contributed by atoms with Crippen molar-refractivity contribution in [2.24, 2.45) is 5.92 Å². The van der Waals surface area contributed by atoms with Gasteiger partial charge in [-0.05, 0) is 58.2 Å². The molecule has 0 saturated carbocycles. The number of carbonyl (C=O) groups is 3. The number of benzene rings is 1. The second-order valence-corrected chi connectivity index (χ2v) is 8.44. The third-order valence-corrected chi connectivity index (χ3v) is 4.64. The molecule has 1 saturated heterocycles. The molecule has 6 heteroatoms. The summed E-state index contributed by atoms with van der Waals surface area (Å²) >= 11 is 0. The Balaban J connectivity index is 2.00. The van der Waals surface area contributed by atoms with E-state index in [1.807, 2.05) is 33.8 Å². The molecule has 3 amide bonds. The molecule has 0 aromatic heterocycles. The van der Waals surface area contributed by atoms with Crippen LogP contribution in [-0.2, 0) is 20.8 Å². The van der Waals surface area contributed by atoms with Gasteiger partial charge < -0.3 is 16.0 Å². The predicted octanol–water partition coefficient (Wildman–Crippen LogP) is 2.55. The van der Waals surface area contributed by atoms with Crippen LogP contribution in [0.15, 0.2) is 36.9 Å². The largest absolute Gasteiger partial charge is 0.351 e.